The van der Waals surface area contributed by atoms with Crippen molar-refractivity contribution in [3.8, 4) is 0 Å². The number of halogens is 1. The smallest absolute Gasteiger partial charge is 0.0892 e. The molecule has 0 aromatic heterocycles. The van der Waals surface area contributed by atoms with Crippen LogP contribution in [0.15, 0.2) is 0 Å². The molecule has 0 bridgehead atoms. The van der Waals surface area contributed by atoms with E-state index in [4.69, 9.17) is 0 Å². The van der Waals surface area contributed by atoms with Crippen molar-refractivity contribution in [3.05, 3.63) is 0 Å². The van der Waals surface area contributed by atoms with E-state index < -0.39 is 5.29 Å². The zero-order valence-electron chi connectivity index (χ0n) is 5.29. The van der Waals surface area contributed by atoms with Gasteiger partial charge >= 0.3 is 0 Å². The lowest BCUT2D eigenvalue weighted by atomic mass is 10.2. The molecule has 2 heteroatoms. The molecule has 0 aromatic rings. The van der Waals surface area contributed by atoms with Gasteiger partial charge < -0.3 is 0 Å². The van der Waals surface area contributed by atoms with Crippen molar-refractivity contribution >= 4 is 10.2 Å². The minimum absolute atomic E-state index is 0.683. The van der Waals surface area contributed by atoms with Crippen molar-refractivity contribution in [1.82, 2.24) is 0 Å². The van der Waals surface area contributed by atoms with Crippen LogP contribution >= 0.6 is 0 Å². The molecular weight excluding hydrogens is 107 g/mol. The first-order valence-electron chi connectivity index (χ1n) is 2.81. The number of hydrogen-bond donors (Lipinski definition) is 0. The molecule has 0 spiro atoms. The Balaban J connectivity index is 3.36. The topological polar surface area (TPSA) is 0 Å². The normalized spacial score (nSPS) is 12.4. The molecule has 0 radical (unpaired) electrons. The van der Waals surface area contributed by atoms with Crippen LogP contribution in [0.3, 0.4) is 0 Å². The summed E-state index contributed by atoms with van der Waals surface area (Å²) in [6.07, 6.45) is 1.38. The fourth-order valence-corrected chi connectivity index (χ4v) is 0.250. The van der Waals surface area contributed by atoms with E-state index in [9.17, 15) is 4.39 Å². The van der Waals surface area contributed by atoms with Crippen molar-refractivity contribution < 1.29 is 4.39 Å². The van der Waals surface area contributed by atoms with Gasteiger partial charge in [-0.2, -0.15) is 0 Å². The molecule has 0 aliphatic heterocycles. The summed E-state index contributed by atoms with van der Waals surface area (Å²) in [7, 11) is 0.683. The van der Waals surface area contributed by atoms with E-state index in [0.29, 0.717) is 23.1 Å². The number of alkyl halides is 1. The van der Waals surface area contributed by atoms with E-state index in [1.54, 1.807) is 0 Å². The highest BCUT2D eigenvalue weighted by atomic mass is 28.1. The van der Waals surface area contributed by atoms with Gasteiger partial charge in [-0.3, -0.25) is 0 Å². The van der Waals surface area contributed by atoms with Crippen molar-refractivity contribution in [2.75, 3.05) is 0 Å². The summed E-state index contributed by atoms with van der Waals surface area (Å²) in [5.74, 6) is 0. The molecule has 0 aliphatic rings. The second-order valence-corrected chi connectivity index (χ2v) is 3.91. The van der Waals surface area contributed by atoms with Gasteiger partial charge in [0, 0.05) is 10.2 Å². The summed E-state index contributed by atoms with van der Waals surface area (Å²) in [4.78, 5) is 0. The monoisotopic (exact) mass is 120 g/mol. The van der Waals surface area contributed by atoms with Crippen molar-refractivity contribution in [2.45, 2.75) is 32.0 Å². The molecule has 44 valence electrons. The predicted octanol–water partition coefficient (Wildman–Crippen LogP) is 0.838. The molecule has 0 saturated heterocycles. The maximum absolute atomic E-state index is 12.6. The summed E-state index contributed by atoms with van der Waals surface area (Å²) in [5.41, 5.74) is 0. The van der Waals surface area contributed by atoms with Gasteiger partial charge in [-0.25, -0.2) is 4.39 Å². The third-order valence-corrected chi connectivity index (χ3v) is 2.89. The summed E-state index contributed by atoms with van der Waals surface area (Å²) in [6, 6.07) is 0. The molecule has 0 saturated carbocycles. The van der Waals surface area contributed by atoms with E-state index in [0.717, 1.165) is 0 Å². The zero-order valence-corrected chi connectivity index (χ0v) is 7.29. The molecule has 0 unspecified atom stereocenters. The van der Waals surface area contributed by atoms with Crippen molar-refractivity contribution in [1.29, 1.82) is 0 Å². The molecule has 0 aliphatic carbocycles. The third-order valence-electron chi connectivity index (χ3n) is 1.47. The molecule has 0 amide bonds. The predicted molar refractivity (Wildman–Crippen MR) is 34.4 cm³/mol. The maximum Gasteiger partial charge on any atom is 0.0892 e. The lowest BCUT2D eigenvalue weighted by Gasteiger charge is -2.13. The van der Waals surface area contributed by atoms with Crippen LogP contribution in [0.25, 0.3) is 0 Å². The first kappa shape index (κ1) is 7.15. The van der Waals surface area contributed by atoms with Gasteiger partial charge in [-0.1, -0.05) is 13.8 Å². The number of rotatable bonds is 2. The quantitative estimate of drug-likeness (QED) is 0.474. The summed E-state index contributed by atoms with van der Waals surface area (Å²) in [5, 5.41) is -0.778. The fraction of sp³-hybridized carbons (Fsp3) is 1.00. The summed E-state index contributed by atoms with van der Waals surface area (Å²) in [6.45, 7) is 3.80. The molecule has 0 aromatic carbocycles. The Morgan fingerprint density at radius 1 is 1.43 bits per heavy atom. The van der Waals surface area contributed by atoms with Gasteiger partial charge in [0.25, 0.3) is 0 Å². The lowest BCUT2D eigenvalue weighted by Crippen LogP contribution is -2.19. The van der Waals surface area contributed by atoms with Gasteiger partial charge in [-0.05, 0) is 12.8 Å². The van der Waals surface area contributed by atoms with Gasteiger partial charge in [0.1, 0.15) is 0 Å². The van der Waals surface area contributed by atoms with Gasteiger partial charge in [-0.15, -0.1) is 0 Å². The number of hydrogen-bond acceptors (Lipinski definition) is 0. The second kappa shape index (κ2) is 2.45. The molecule has 7 heavy (non-hydrogen) atoms. The summed E-state index contributed by atoms with van der Waals surface area (Å²) >= 11 is 0. The van der Waals surface area contributed by atoms with E-state index in [2.05, 4.69) is 0 Å². The molecule has 0 atom stereocenters. The SMILES string of the molecule is CCC(F)([SiH3])CC. The molecular formula is C5H13FSi. The Kier molecular flexibility index (Phi) is 2.50. The van der Waals surface area contributed by atoms with Crippen LogP contribution in [-0.4, -0.2) is 15.5 Å². The zero-order chi connectivity index (χ0) is 5.91. The lowest BCUT2D eigenvalue weighted by molar-refractivity contribution is 0.260. The Morgan fingerprint density at radius 2 is 1.71 bits per heavy atom. The maximum atomic E-state index is 12.6. The Morgan fingerprint density at radius 3 is 1.71 bits per heavy atom. The highest BCUT2D eigenvalue weighted by Crippen LogP contribution is 2.13. The van der Waals surface area contributed by atoms with Crippen molar-refractivity contribution in [2.24, 2.45) is 0 Å². The van der Waals surface area contributed by atoms with Gasteiger partial charge in [0.2, 0.25) is 0 Å². The van der Waals surface area contributed by atoms with Crippen LogP contribution in [0.5, 0.6) is 0 Å². The first-order valence-corrected chi connectivity index (χ1v) is 3.81. The third kappa shape index (κ3) is 2.80. The minimum atomic E-state index is -0.778. The van der Waals surface area contributed by atoms with Crippen LogP contribution < -0.4 is 0 Å². The largest absolute Gasteiger partial charge is 0.249 e. The summed E-state index contributed by atoms with van der Waals surface area (Å²) < 4.78 is 12.6. The molecule has 0 heterocycles. The Bertz CT molecular complexity index is 46.0. The van der Waals surface area contributed by atoms with E-state index in [1.807, 2.05) is 13.8 Å². The van der Waals surface area contributed by atoms with Crippen LogP contribution in [0, 0.1) is 0 Å². The Labute approximate surface area is 47.5 Å². The first-order chi connectivity index (χ1) is 3.12. The standard InChI is InChI=1S/C5H13FSi/c1-3-5(6,7)4-2/h3-4H2,1-2,7H3. The molecule has 0 nitrogen and oxygen atoms in total. The van der Waals surface area contributed by atoms with Crippen molar-refractivity contribution in [3.63, 3.8) is 0 Å². The van der Waals surface area contributed by atoms with Crippen LogP contribution in [0.2, 0.25) is 0 Å². The fourth-order valence-electron chi connectivity index (χ4n) is 0.250. The van der Waals surface area contributed by atoms with Gasteiger partial charge in [0.15, 0.2) is 0 Å². The molecule has 0 rings (SSSR count). The van der Waals surface area contributed by atoms with Crippen LogP contribution in [0.4, 0.5) is 4.39 Å². The van der Waals surface area contributed by atoms with E-state index in [-0.39, 0.29) is 0 Å². The second-order valence-electron chi connectivity index (χ2n) is 2.12. The van der Waals surface area contributed by atoms with E-state index in [1.165, 1.54) is 0 Å². The average molecular weight is 120 g/mol. The highest BCUT2D eigenvalue weighted by molar-refractivity contribution is 6.14. The highest BCUT2D eigenvalue weighted by Gasteiger charge is 2.15. The molecule has 0 N–H and O–H groups in total. The minimum Gasteiger partial charge on any atom is -0.249 e. The molecule has 0 fully saturated rings. The average Bonchev–Trinajstić information content (AvgIpc) is 1.68. The van der Waals surface area contributed by atoms with Crippen LogP contribution in [-0.2, 0) is 0 Å². The van der Waals surface area contributed by atoms with E-state index >= 15 is 0 Å². The van der Waals surface area contributed by atoms with Crippen LogP contribution in [0.1, 0.15) is 26.7 Å². The van der Waals surface area contributed by atoms with Gasteiger partial charge in [0.05, 0.1) is 5.29 Å². The Hall–Kier alpha value is 0.147.